The molecule has 1 aliphatic rings. The minimum absolute atomic E-state index is 0.0347. The number of rotatable bonds is 6. The number of nitrogens with one attached hydrogen (secondary N) is 1. The maximum absolute atomic E-state index is 12.7. The van der Waals surface area contributed by atoms with Gasteiger partial charge in [-0.1, -0.05) is 18.5 Å². The predicted octanol–water partition coefficient (Wildman–Crippen LogP) is 3.19. The van der Waals surface area contributed by atoms with Gasteiger partial charge >= 0.3 is 0 Å². The second-order valence-corrected chi connectivity index (χ2v) is 6.38. The van der Waals surface area contributed by atoms with Gasteiger partial charge in [0.1, 0.15) is 12.2 Å². The van der Waals surface area contributed by atoms with E-state index in [1.54, 1.807) is 18.5 Å². The zero-order valence-corrected chi connectivity index (χ0v) is 14.6. The van der Waals surface area contributed by atoms with Crippen LogP contribution in [0.1, 0.15) is 42.4 Å². The van der Waals surface area contributed by atoms with Crippen molar-refractivity contribution < 1.29 is 4.79 Å². The molecule has 1 aromatic heterocycles. The first-order chi connectivity index (χ1) is 11.7. The third-order valence-electron chi connectivity index (χ3n) is 4.17. The lowest BCUT2D eigenvalue weighted by Gasteiger charge is -2.18. The van der Waals surface area contributed by atoms with Crippen LogP contribution < -0.4 is 5.32 Å². The van der Waals surface area contributed by atoms with Crippen LogP contribution in [0, 0.1) is 0 Å². The van der Waals surface area contributed by atoms with Crippen LogP contribution in [0.3, 0.4) is 0 Å². The first kappa shape index (κ1) is 16.8. The molecule has 1 fully saturated rings. The quantitative estimate of drug-likeness (QED) is 0.871. The Morgan fingerprint density at radius 2 is 2.12 bits per heavy atom. The van der Waals surface area contributed by atoms with Crippen molar-refractivity contribution in [1.29, 1.82) is 0 Å². The maximum Gasteiger partial charge on any atom is 0.256 e. The van der Waals surface area contributed by atoms with E-state index in [1.807, 2.05) is 15.6 Å². The van der Waals surface area contributed by atoms with Crippen LogP contribution in [0.15, 0.2) is 24.5 Å². The van der Waals surface area contributed by atoms with E-state index >= 15 is 0 Å². The van der Waals surface area contributed by atoms with Gasteiger partial charge in [0, 0.05) is 30.3 Å². The molecule has 2 aromatic rings. The average Bonchev–Trinajstić information content (AvgIpc) is 3.25. The summed E-state index contributed by atoms with van der Waals surface area (Å²) in [7, 11) is 0. The highest BCUT2D eigenvalue weighted by molar-refractivity contribution is 6.31. The number of hydrogen-bond donors (Lipinski definition) is 1. The largest absolute Gasteiger partial charge is 0.377 e. The minimum Gasteiger partial charge on any atom is -0.377 e. The monoisotopic (exact) mass is 347 g/mol. The van der Waals surface area contributed by atoms with Crippen molar-refractivity contribution in [1.82, 2.24) is 19.7 Å². The van der Waals surface area contributed by atoms with Crippen LogP contribution in [0.5, 0.6) is 0 Å². The molecule has 7 heteroatoms. The minimum atomic E-state index is 0.0347. The maximum atomic E-state index is 12.7. The molecule has 1 aliphatic heterocycles. The molecule has 0 unspecified atom stereocenters. The summed E-state index contributed by atoms with van der Waals surface area (Å²) in [4.78, 5) is 18.9. The first-order valence-electron chi connectivity index (χ1n) is 8.38. The number of amides is 1. The summed E-state index contributed by atoms with van der Waals surface area (Å²) in [6.07, 6.45) is 4.69. The van der Waals surface area contributed by atoms with Crippen LogP contribution in [0.4, 0.5) is 5.69 Å². The predicted molar refractivity (Wildman–Crippen MR) is 94.2 cm³/mol. The number of nitrogens with zero attached hydrogens (tertiary/aromatic N) is 4. The summed E-state index contributed by atoms with van der Waals surface area (Å²) in [5.74, 6) is 0.888. The Morgan fingerprint density at radius 1 is 1.33 bits per heavy atom. The van der Waals surface area contributed by atoms with Crippen LogP contribution in [0.25, 0.3) is 0 Å². The van der Waals surface area contributed by atoms with Gasteiger partial charge in [-0.05, 0) is 37.5 Å². The van der Waals surface area contributed by atoms with E-state index in [0.29, 0.717) is 17.1 Å². The lowest BCUT2D eigenvalue weighted by Crippen LogP contribution is -2.28. The van der Waals surface area contributed by atoms with Gasteiger partial charge in [-0.15, -0.1) is 0 Å². The second kappa shape index (κ2) is 7.66. The van der Waals surface area contributed by atoms with Crippen molar-refractivity contribution in [3.05, 3.63) is 40.9 Å². The van der Waals surface area contributed by atoms with Gasteiger partial charge < -0.3 is 10.2 Å². The Kier molecular flexibility index (Phi) is 5.35. The van der Waals surface area contributed by atoms with Crippen LogP contribution in [-0.4, -0.2) is 38.7 Å². The Labute approximate surface area is 146 Å². The molecule has 0 spiro atoms. The van der Waals surface area contributed by atoms with E-state index in [9.17, 15) is 4.79 Å². The van der Waals surface area contributed by atoms with Crippen molar-refractivity contribution in [2.24, 2.45) is 0 Å². The van der Waals surface area contributed by atoms with Crippen LogP contribution in [-0.2, 0) is 13.1 Å². The first-order valence-corrected chi connectivity index (χ1v) is 8.76. The highest BCUT2D eigenvalue weighted by atomic mass is 35.5. The molecule has 0 bridgehead atoms. The van der Waals surface area contributed by atoms with E-state index in [0.717, 1.165) is 50.4 Å². The number of hydrogen-bond acceptors (Lipinski definition) is 4. The zero-order valence-electron chi connectivity index (χ0n) is 13.8. The number of carbonyl (C=O) groups is 1. The highest BCUT2D eigenvalue weighted by Gasteiger charge is 2.22. The summed E-state index contributed by atoms with van der Waals surface area (Å²) in [5, 5.41) is 8.11. The molecule has 1 saturated heterocycles. The van der Waals surface area contributed by atoms with Gasteiger partial charge in [0.05, 0.1) is 12.1 Å². The molecule has 0 saturated carbocycles. The number of halogens is 1. The number of aromatic nitrogens is 3. The highest BCUT2D eigenvalue weighted by Crippen LogP contribution is 2.24. The van der Waals surface area contributed by atoms with E-state index < -0.39 is 0 Å². The smallest absolute Gasteiger partial charge is 0.256 e. The molecule has 0 radical (unpaired) electrons. The van der Waals surface area contributed by atoms with E-state index in [4.69, 9.17) is 11.6 Å². The van der Waals surface area contributed by atoms with Crippen molar-refractivity contribution in [3.63, 3.8) is 0 Å². The lowest BCUT2D eigenvalue weighted by atomic mass is 10.1. The Bertz CT molecular complexity index is 709. The Morgan fingerprint density at radius 3 is 2.88 bits per heavy atom. The molecule has 24 heavy (non-hydrogen) atoms. The molecule has 1 amide bonds. The molecule has 6 nitrogen and oxygen atoms in total. The summed E-state index contributed by atoms with van der Waals surface area (Å²) >= 11 is 6.11. The van der Waals surface area contributed by atoms with Gasteiger partial charge in [-0.2, -0.15) is 5.10 Å². The third kappa shape index (κ3) is 3.70. The summed E-state index contributed by atoms with van der Waals surface area (Å²) in [5.41, 5.74) is 1.40. The molecular formula is C17H22ClN5O. The fourth-order valence-electron chi connectivity index (χ4n) is 2.94. The fourth-order valence-corrected chi connectivity index (χ4v) is 3.11. The SMILES string of the molecule is CCCn1ncnc1CNc1ccc(Cl)cc1C(=O)N1CCCC1. The summed E-state index contributed by atoms with van der Waals surface area (Å²) < 4.78 is 1.88. The molecule has 1 aromatic carbocycles. The van der Waals surface area contributed by atoms with E-state index in [-0.39, 0.29) is 5.91 Å². The number of likely N-dealkylation sites (tertiary alicyclic amines) is 1. The van der Waals surface area contributed by atoms with Crippen molar-refractivity contribution in [2.45, 2.75) is 39.3 Å². The van der Waals surface area contributed by atoms with Crippen molar-refractivity contribution >= 4 is 23.2 Å². The van der Waals surface area contributed by atoms with Gasteiger partial charge in [0.2, 0.25) is 0 Å². The third-order valence-corrected chi connectivity index (χ3v) is 4.41. The number of aryl methyl sites for hydroxylation is 1. The van der Waals surface area contributed by atoms with Gasteiger partial charge in [0.25, 0.3) is 5.91 Å². The van der Waals surface area contributed by atoms with Crippen LogP contribution in [0.2, 0.25) is 5.02 Å². The van der Waals surface area contributed by atoms with Gasteiger partial charge in [-0.3, -0.25) is 4.79 Å². The number of anilines is 1. The lowest BCUT2D eigenvalue weighted by molar-refractivity contribution is 0.0793. The van der Waals surface area contributed by atoms with Gasteiger partial charge in [0.15, 0.2) is 0 Å². The Balaban J connectivity index is 1.77. The molecule has 0 atom stereocenters. The molecule has 1 N–H and O–H groups in total. The average molecular weight is 348 g/mol. The number of carbonyl (C=O) groups excluding carboxylic acids is 1. The normalized spacial score (nSPS) is 14.2. The van der Waals surface area contributed by atoms with Crippen LogP contribution >= 0.6 is 11.6 Å². The van der Waals surface area contributed by atoms with Crippen molar-refractivity contribution in [3.8, 4) is 0 Å². The Hall–Kier alpha value is -2.08. The van der Waals surface area contributed by atoms with E-state index in [1.165, 1.54) is 0 Å². The topological polar surface area (TPSA) is 63.1 Å². The number of benzene rings is 1. The van der Waals surface area contributed by atoms with Crippen molar-refractivity contribution in [2.75, 3.05) is 18.4 Å². The van der Waals surface area contributed by atoms with Gasteiger partial charge in [-0.25, -0.2) is 9.67 Å². The second-order valence-electron chi connectivity index (χ2n) is 5.94. The molecule has 3 rings (SSSR count). The summed E-state index contributed by atoms with van der Waals surface area (Å²) in [6, 6.07) is 5.38. The molecule has 128 valence electrons. The van der Waals surface area contributed by atoms with E-state index in [2.05, 4.69) is 22.3 Å². The standard InChI is InChI=1S/C17H22ClN5O/c1-2-7-23-16(20-12-21-23)11-19-15-6-5-13(18)10-14(15)17(24)22-8-3-4-9-22/h5-6,10,12,19H,2-4,7-9,11H2,1H3. The molecule has 0 aliphatic carbocycles. The zero-order chi connectivity index (χ0) is 16.9. The molecular weight excluding hydrogens is 326 g/mol. The summed E-state index contributed by atoms with van der Waals surface area (Å²) in [6.45, 7) is 5.08. The fraction of sp³-hybridized carbons (Fsp3) is 0.471. The molecule has 2 heterocycles.